The molecule has 19 heavy (non-hydrogen) atoms. The van der Waals surface area contributed by atoms with E-state index < -0.39 is 8.32 Å². The van der Waals surface area contributed by atoms with Gasteiger partial charge in [0.05, 0.1) is 0 Å². The van der Waals surface area contributed by atoms with Crippen LogP contribution in [0.15, 0.2) is 0 Å². The lowest BCUT2D eigenvalue weighted by atomic mass is 10.1. The number of unbranched alkanes of at least 4 members (excludes halogenated alkanes) is 7. The molecule has 0 N–H and O–H groups in total. The lowest BCUT2D eigenvalue weighted by Crippen LogP contribution is -2.43. The zero-order valence-corrected chi connectivity index (χ0v) is 14.6. The van der Waals surface area contributed by atoms with Gasteiger partial charge in [-0.3, -0.25) is 0 Å². The Hall–Kier alpha value is 0.467. The van der Waals surface area contributed by atoms with Crippen molar-refractivity contribution in [2.24, 2.45) is 0 Å². The monoisotopic (exact) mass is 304 g/mol. The van der Waals surface area contributed by atoms with Gasteiger partial charge in [-0.05, 0) is 18.5 Å². The molecular weight excluding hydrogens is 272 g/mol. The highest BCUT2D eigenvalue weighted by atomic mass is 35.5. The smallest absolute Gasteiger partial charge is 0.207 e. The Morgan fingerprint density at radius 1 is 0.842 bits per heavy atom. The van der Waals surface area contributed by atoms with Crippen LogP contribution >= 0.6 is 11.6 Å². The fourth-order valence-electron chi connectivity index (χ4n) is 3.04. The van der Waals surface area contributed by atoms with Gasteiger partial charge in [-0.1, -0.05) is 71.1 Å². The second-order valence-corrected chi connectivity index (χ2v) is 10.9. The Bertz CT molecular complexity index is 205. The van der Waals surface area contributed by atoms with E-state index in [4.69, 9.17) is 16.0 Å². The molecule has 0 amide bonds. The number of rotatable bonds is 11. The number of hydrogen-bond donors (Lipinski definition) is 0. The van der Waals surface area contributed by atoms with Crippen LogP contribution in [0.2, 0.25) is 12.1 Å². The molecule has 0 unspecified atom stereocenters. The third kappa shape index (κ3) is 7.72. The van der Waals surface area contributed by atoms with E-state index in [2.05, 4.69) is 6.92 Å². The Balaban J connectivity index is 1.94. The van der Waals surface area contributed by atoms with Crippen molar-refractivity contribution in [3.63, 3.8) is 0 Å². The topological polar surface area (TPSA) is 9.23 Å². The molecule has 1 aliphatic heterocycles. The third-order valence-corrected chi connectivity index (χ3v) is 9.71. The third-order valence-electron chi connectivity index (χ3n) is 4.41. The molecular formula is C16H33ClOSi. The van der Waals surface area contributed by atoms with E-state index in [0.717, 1.165) is 12.1 Å². The van der Waals surface area contributed by atoms with E-state index in [0.29, 0.717) is 0 Å². The van der Waals surface area contributed by atoms with Crippen molar-refractivity contribution in [2.75, 3.05) is 12.1 Å². The largest absolute Gasteiger partial charge is 0.416 e. The number of halogens is 1. The molecule has 1 fully saturated rings. The van der Waals surface area contributed by atoms with E-state index >= 15 is 0 Å². The van der Waals surface area contributed by atoms with Crippen molar-refractivity contribution in [1.82, 2.24) is 0 Å². The van der Waals surface area contributed by atoms with Gasteiger partial charge < -0.3 is 4.43 Å². The van der Waals surface area contributed by atoms with Crippen LogP contribution in [0.25, 0.3) is 0 Å². The van der Waals surface area contributed by atoms with Crippen LogP contribution in [0.3, 0.4) is 0 Å². The predicted molar refractivity (Wildman–Crippen MR) is 88.5 cm³/mol. The second kappa shape index (κ2) is 11.2. The summed E-state index contributed by atoms with van der Waals surface area (Å²) in [7, 11) is -1.48. The van der Waals surface area contributed by atoms with Crippen molar-refractivity contribution >= 4 is 19.9 Å². The summed E-state index contributed by atoms with van der Waals surface area (Å²) >= 11 is 6.18. The van der Waals surface area contributed by atoms with Gasteiger partial charge in [0.25, 0.3) is 0 Å². The fraction of sp³-hybridized carbons (Fsp3) is 1.00. The molecule has 1 heterocycles. The minimum Gasteiger partial charge on any atom is -0.416 e. The fourth-order valence-corrected chi connectivity index (χ4v) is 7.32. The first-order chi connectivity index (χ1) is 9.33. The average molecular weight is 305 g/mol. The average Bonchev–Trinajstić information content (AvgIpc) is 2.46. The van der Waals surface area contributed by atoms with Crippen molar-refractivity contribution in [3.8, 4) is 0 Å². The molecule has 0 aromatic heterocycles. The lowest BCUT2D eigenvalue weighted by Gasteiger charge is -2.33. The van der Waals surface area contributed by atoms with Crippen LogP contribution in [0.1, 0.15) is 77.6 Å². The van der Waals surface area contributed by atoms with Crippen LogP contribution in [-0.2, 0) is 4.43 Å². The Morgan fingerprint density at radius 3 is 2.00 bits per heavy atom. The zero-order valence-electron chi connectivity index (χ0n) is 12.9. The summed E-state index contributed by atoms with van der Waals surface area (Å²) in [5.74, 6) is 0. The maximum Gasteiger partial charge on any atom is 0.207 e. The minimum absolute atomic E-state index is 0.823. The first-order valence-electron chi connectivity index (χ1n) is 8.53. The molecule has 114 valence electrons. The van der Waals surface area contributed by atoms with Crippen molar-refractivity contribution in [1.29, 1.82) is 0 Å². The van der Waals surface area contributed by atoms with E-state index in [1.807, 2.05) is 0 Å². The van der Waals surface area contributed by atoms with Crippen LogP contribution in [0, 0.1) is 0 Å². The van der Waals surface area contributed by atoms with Gasteiger partial charge in [0, 0.05) is 12.1 Å². The van der Waals surface area contributed by atoms with Crippen molar-refractivity contribution < 1.29 is 4.43 Å². The van der Waals surface area contributed by atoms with Gasteiger partial charge in [-0.2, -0.15) is 0 Å². The molecule has 0 bridgehead atoms. The van der Waals surface area contributed by atoms with Gasteiger partial charge in [-0.25, -0.2) is 0 Å². The molecule has 0 atom stereocenters. The van der Waals surface area contributed by atoms with E-state index in [9.17, 15) is 0 Å². The number of alkyl halides is 1. The first-order valence-corrected chi connectivity index (χ1v) is 11.6. The summed E-state index contributed by atoms with van der Waals surface area (Å²) in [6, 6.07) is 2.63. The highest BCUT2D eigenvalue weighted by molar-refractivity contribution is 6.80. The highest BCUT2D eigenvalue weighted by Crippen LogP contribution is 2.30. The van der Waals surface area contributed by atoms with Gasteiger partial charge in [0.15, 0.2) is 0 Å². The molecule has 0 aromatic carbocycles. The molecule has 0 aromatic rings. The summed E-state index contributed by atoms with van der Waals surface area (Å²) in [6.45, 7) is 3.26. The Labute approximate surface area is 126 Å². The predicted octanol–water partition coefficient (Wildman–Crippen LogP) is 6.05. The van der Waals surface area contributed by atoms with Gasteiger partial charge in [-0.15, -0.1) is 11.6 Å². The van der Waals surface area contributed by atoms with E-state index in [1.165, 1.54) is 82.7 Å². The molecule has 3 heteroatoms. The van der Waals surface area contributed by atoms with Crippen LogP contribution in [0.4, 0.5) is 0 Å². The molecule has 1 nitrogen and oxygen atoms in total. The standard InChI is InChI=1S/C16H33ClOSi/c1-2-3-4-5-6-7-8-10-13-18-19(16-17)14-11-9-12-15-19/h2-16H2,1H3. The van der Waals surface area contributed by atoms with Crippen LogP contribution in [-0.4, -0.2) is 20.4 Å². The minimum atomic E-state index is -1.48. The normalized spacial score (nSPS) is 18.6. The highest BCUT2D eigenvalue weighted by Gasteiger charge is 2.35. The molecule has 1 rings (SSSR count). The van der Waals surface area contributed by atoms with Gasteiger partial charge in [0.1, 0.15) is 0 Å². The van der Waals surface area contributed by atoms with E-state index in [-0.39, 0.29) is 0 Å². The van der Waals surface area contributed by atoms with Crippen molar-refractivity contribution in [2.45, 2.75) is 89.6 Å². The molecule has 0 radical (unpaired) electrons. The lowest BCUT2D eigenvalue weighted by molar-refractivity contribution is 0.282. The maximum absolute atomic E-state index is 6.27. The number of hydrogen-bond acceptors (Lipinski definition) is 1. The summed E-state index contributed by atoms with van der Waals surface area (Å²) in [4.78, 5) is 0. The van der Waals surface area contributed by atoms with Gasteiger partial charge >= 0.3 is 0 Å². The summed E-state index contributed by atoms with van der Waals surface area (Å²) < 4.78 is 6.27. The summed E-state index contributed by atoms with van der Waals surface area (Å²) in [6.07, 6.45) is 15.1. The second-order valence-electron chi connectivity index (χ2n) is 6.20. The summed E-state index contributed by atoms with van der Waals surface area (Å²) in [5, 5.41) is 0. The quantitative estimate of drug-likeness (QED) is 0.256. The summed E-state index contributed by atoms with van der Waals surface area (Å²) in [5.41, 5.74) is 0.823. The van der Waals surface area contributed by atoms with Gasteiger partial charge in [0.2, 0.25) is 8.32 Å². The first kappa shape index (κ1) is 17.5. The maximum atomic E-state index is 6.27. The Kier molecular flexibility index (Phi) is 10.3. The van der Waals surface area contributed by atoms with E-state index in [1.54, 1.807) is 0 Å². The molecule has 1 aliphatic rings. The molecule has 0 aliphatic carbocycles. The SMILES string of the molecule is CCCCCCCCCCO[Si]1(CCl)CCCCC1. The molecule has 0 saturated carbocycles. The molecule has 1 saturated heterocycles. The van der Waals surface area contributed by atoms with Crippen molar-refractivity contribution in [3.05, 3.63) is 0 Å². The molecule has 0 spiro atoms. The van der Waals surface area contributed by atoms with Crippen LogP contribution in [0.5, 0.6) is 0 Å². The Morgan fingerprint density at radius 2 is 1.42 bits per heavy atom. The zero-order chi connectivity index (χ0) is 13.8. The van der Waals surface area contributed by atoms with Crippen LogP contribution < -0.4 is 0 Å².